The number of carbonyl (C=O) groups is 2. The highest BCUT2D eigenvalue weighted by molar-refractivity contribution is 5.84. The summed E-state index contributed by atoms with van der Waals surface area (Å²) in [7, 11) is 0. The van der Waals surface area contributed by atoms with Crippen LogP contribution in [0.2, 0.25) is 0 Å². The Morgan fingerprint density at radius 3 is 2.45 bits per heavy atom. The third-order valence-corrected chi connectivity index (χ3v) is 4.27. The summed E-state index contributed by atoms with van der Waals surface area (Å²) in [5.41, 5.74) is 4.92. The number of aliphatic carboxylic acids is 1. The molecule has 0 aromatic rings. The second kappa shape index (κ2) is 6.12. The highest BCUT2D eigenvalue weighted by Crippen LogP contribution is 2.35. The van der Waals surface area contributed by atoms with Crippen LogP contribution in [0.5, 0.6) is 0 Å². The third kappa shape index (κ3) is 3.51. The maximum atomic E-state index is 12.5. The molecule has 0 aromatic heterocycles. The van der Waals surface area contributed by atoms with Gasteiger partial charge in [-0.05, 0) is 24.7 Å². The van der Waals surface area contributed by atoms with Crippen LogP contribution >= 0.6 is 0 Å². The average molecular weight is 284 g/mol. The Hall–Kier alpha value is -1.10. The Labute approximate surface area is 121 Å². The highest BCUT2D eigenvalue weighted by atomic mass is 16.4. The molecule has 1 saturated heterocycles. The van der Waals surface area contributed by atoms with E-state index in [4.69, 9.17) is 5.73 Å². The molecule has 1 rings (SSSR count). The van der Waals surface area contributed by atoms with Crippen molar-refractivity contribution in [2.75, 3.05) is 13.1 Å². The number of carboxylic acids is 1. The molecule has 2 atom stereocenters. The number of carboxylic acid groups (broad SMARTS) is 1. The lowest BCUT2D eigenvalue weighted by Crippen LogP contribution is -2.56. The van der Waals surface area contributed by atoms with E-state index in [0.29, 0.717) is 25.9 Å². The smallest absolute Gasteiger partial charge is 0.311 e. The zero-order valence-electron chi connectivity index (χ0n) is 13.1. The zero-order valence-corrected chi connectivity index (χ0v) is 13.1. The monoisotopic (exact) mass is 284 g/mol. The Bertz CT molecular complexity index is 372. The second-order valence-electron chi connectivity index (χ2n) is 7.04. The van der Waals surface area contributed by atoms with Gasteiger partial charge in [-0.3, -0.25) is 9.59 Å². The van der Waals surface area contributed by atoms with Crippen LogP contribution in [-0.4, -0.2) is 41.0 Å². The summed E-state index contributed by atoms with van der Waals surface area (Å²) in [5.74, 6) is -0.917. The van der Waals surface area contributed by atoms with Crippen molar-refractivity contribution in [1.82, 2.24) is 4.90 Å². The summed E-state index contributed by atoms with van der Waals surface area (Å²) in [6.45, 7) is 8.66. The number of likely N-dealkylation sites (tertiary alicyclic amines) is 1. The van der Waals surface area contributed by atoms with Crippen molar-refractivity contribution in [1.29, 1.82) is 0 Å². The maximum absolute atomic E-state index is 12.5. The molecule has 1 unspecified atom stereocenters. The summed E-state index contributed by atoms with van der Waals surface area (Å²) in [4.78, 5) is 25.8. The Balaban J connectivity index is 2.88. The Morgan fingerprint density at radius 1 is 1.40 bits per heavy atom. The number of nitrogens with two attached hydrogens (primary N) is 1. The molecule has 1 fully saturated rings. The van der Waals surface area contributed by atoms with Gasteiger partial charge in [-0.1, -0.05) is 34.1 Å². The Kier molecular flexibility index (Phi) is 5.19. The van der Waals surface area contributed by atoms with Crippen molar-refractivity contribution < 1.29 is 14.7 Å². The van der Waals surface area contributed by atoms with Crippen molar-refractivity contribution in [3.63, 3.8) is 0 Å². The van der Waals surface area contributed by atoms with Crippen molar-refractivity contribution in [2.24, 2.45) is 16.6 Å². The molecule has 1 aliphatic rings. The van der Waals surface area contributed by atoms with Gasteiger partial charge in [0.05, 0.1) is 11.5 Å². The van der Waals surface area contributed by atoms with E-state index in [2.05, 4.69) is 0 Å². The minimum atomic E-state index is -0.791. The van der Waals surface area contributed by atoms with Crippen LogP contribution in [0.25, 0.3) is 0 Å². The molecule has 1 aliphatic heterocycles. The normalized spacial score (nSPS) is 25.4. The molecule has 0 bridgehead atoms. The van der Waals surface area contributed by atoms with Crippen molar-refractivity contribution >= 4 is 11.9 Å². The topological polar surface area (TPSA) is 83.6 Å². The zero-order chi connectivity index (χ0) is 15.6. The van der Waals surface area contributed by atoms with E-state index in [1.165, 1.54) is 0 Å². The van der Waals surface area contributed by atoms with Gasteiger partial charge in [-0.2, -0.15) is 0 Å². The molecule has 1 amide bonds. The summed E-state index contributed by atoms with van der Waals surface area (Å²) < 4.78 is 0. The minimum Gasteiger partial charge on any atom is -0.481 e. The van der Waals surface area contributed by atoms with Gasteiger partial charge in [0.15, 0.2) is 0 Å². The number of carbonyl (C=O) groups excluding carboxylic acids is 1. The van der Waals surface area contributed by atoms with Crippen LogP contribution in [0.15, 0.2) is 0 Å². The number of piperidine rings is 1. The molecule has 0 aromatic carbocycles. The molecular formula is C15H28N2O3. The van der Waals surface area contributed by atoms with E-state index in [9.17, 15) is 14.7 Å². The van der Waals surface area contributed by atoms with Crippen LogP contribution < -0.4 is 5.73 Å². The first kappa shape index (κ1) is 17.0. The van der Waals surface area contributed by atoms with E-state index < -0.39 is 17.4 Å². The fourth-order valence-electron chi connectivity index (χ4n) is 2.85. The maximum Gasteiger partial charge on any atom is 0.311 e. The molecule has 3 N–H and O–H groups in total. The largest absolute Gasteiger partial charge is 0.481 e. The first-order valence-corrected chi connectivity index (χ1v) is 7.42. The van der Waals surface area contributed by atoms with Crippen LogP contribution in [0.4, 0.5) is 0 Å². The lowest BCUT2D eigenvalue weighted by molar-refractivity contribution is -0.156. The molecule has 0 saturated carbocycles. The van der Waals surface area contributed by atoms with Gasteiger partial charge >= 0.3 is 5.97 Å². The fraction of sp³-hybridized carbons (Fsp3) is 0.867. The van der Waals surface area contributed by atoms with Crippen LogP contribution in [0.1, 0.15) is 53.4 Å². The second-order valence-corrected chi connectivity index (χ2v) is 7.04. The van der Waals surface area contributed by atoms with E-state index in [-0.39, 0.29) is 11.3 Å². The van der Waals surface area contributed by atoms with Gasteiger partial charge in [0, 0.05) is 13.1 Å². The number of rotatable bonds is 4. The van der Waals surface area contributed by atoms with E-state index in [0.717, 1.165) is 12.8 Å². The minimum absolute atomic E-state index is 0.126. The first-order valence-electron chi connectivity index (χ1n) is 7.42. The van der Waals surface area contributed by atoms with Gasteiger partial charge in [0.1, 0.15) is 0 Å². The van der Waals surface area contributed by atoms with Crippen LogP contribution in [-0.2, 0) is 9.59 Å². The molecule has 0 radical (unpaired) electrons. The molecule has 0 aliphatic carbocycles. The highest BCUT2D eigenvalue weighted by Gasteiger charge is 2.44. The number of hydrogen-bond donors (Lipinski definition) is 2. The van der Waals surface area contributed by atoms with Gasteiger partial charge < -0.3 is 15.7 Å². The lowest BCUT2D eigenvalue weighted by atomic mass is 9.75. The molecule has 0 spiro atoms. The predicted octanol–water partition coefficient (Wildman–Crippen LogP) is 1.85. The van der Waals surface area contributed by atoms with E-state index in [1.807, 2.05) is 27.7 Å². The van der Waals surface area contributed by atoms with E-state index >= 15 is 0 Å². The number of amides is 1. The van der Waals surface area contributed by atoms with Gasteiger partial charge in [0.2, 0.25) is 5.91 Å². The van der Waals surface area contributed by atoms with Crippen molar-refractivity contribution in [2.45, 2.75) is 59.4 Å². The quantitative estimate of drug-likeness (QED) is 0.825. The standard InChI is InChI=1S/C15H28N2O3/c1-5-7-15(13(19)20)8-6-9-17(10-15)12(18)11(16)14(2,3)4/h11H,5-10,16H2,1-4H3,(H,19,20)/t11-,15?/m1/s1. The molecule has 116 valence electrons. The first-order chi connectivity index (χ1) is 9.14. The van der Waals surface area contributed by atoms with Crippen molar-refractivity contribution in [3.05, 3.63) is 0 Å². The average Bonchev–Trinajstić information content (AvgIpc) is 2.36. The van der Waals surface area contributed by atoms with Gasteiger partial charge in [0.25, 0.3) is 0 Å². The van der Waals surface area contributed by atoms with Crippen LogP contribution in [0, 0.1) is 10.8 Å². The van der Waals surface area contributed by atoms with Gasteiger partial charge in [-0.25, -0.2) is 0 Å². The lowest BCUT2D eigenvalue weighted by Gasteiger charge is -2.42. The summed E-state index contributed by atoms with van der Waals surface area (Å²) in [6.07, 6.45) is 2.79. The SMILES string of the molecule is CCCC1(C(=O)O)CCCN(C(=O)[C@@H](N)C(C)(C)C)C1. The summed E-state index contributed by atoms with van der Waals surface area (Å²) in [6, 6.07) is -0.589. The molecular weight excluding hydrogens is 256 g/mol. The summed E-state index contributed by atoms with van der Waals surface area (Å²) in [5, 5.41) is 9.55. The molecule has 5 nitrogen and oxygen atoms in total. The summed E-state index contributed by atoms with van der Waals surface area (Å²) >= 11 is 0. The molecule has 5 heteroatoms. The van der Waals surface area contributed by atoms with Crippen LogP contribution in [0.3, 0.4) is 0 Å². The third-order valence-electron chi connectivity index (χ3n) is 4.27. The number of nitrogens with zero attached hydrogens (tertiary/aromatic N) is 1. The molecule has 1 heterocycles. The van der Waals surface area contributed by atoms with Gasteiger partial charge in [-0.15, -0.1) is 0 Å². The molecule has 20 heavy (non-hydrogen) atoms. The predicted molar refractivity (Wildman–Crippen MR) is 78.2 cm³/mol. The number of hydrogen-bond acceptors (Lipinski definition) is 3. The Morgan fingerprint density at radius 2 is 2.00 bits per heavy atom. The van der Waals surface area contributed by atoms with E-state index in [1.54, 1.807) is 4.90 Å². The fourth-order valence-corrected chi connectivity index (χ4v) is 2.85. The van der Waals surface area contributed by atoms with Crippen molar-refractivity contribution in [3.8, 4) is 0 Å².